The van der Waals surface area contributed by atoms with Gasteiger partial charge in [0.25, 0.3) is 0 Å². The van der Waals surface area contributed by atoms with E-state index in [0.29, 0.717) is 4.90 Å². The van der Waals surface area contributed by atoms with Crippen molar-refractivity contribution in [2.45, 2.75) is 24.1 Å². The van der Waals surface area contributed by atoms with E-state index in [2.05, 4.69) is 4.72 Å². The molecule has 112 valence electrons. The summed E-state index contributed by atoms with van der Waals surface area (Å²) in [5.41, 5.74) is 2.52. The predicted molar refractivity (Wildman–Crippen MR) is 86.1 cm³/mol. The quantitative estimate of drug-likeness (QED) is 0.855. The van der Waals surface area contributed by atoms with Crippen LogP contribution in [0.4, 0.5) is 0 Å². The van der Waals surface area contributed by atoms with Crippen molar-refractivity contribution in [3.05, 3.63) is 65.2 Å². The van der Waals surface area contributed by atoms with Crippen LogP contribution in [0.2, 0.25) is 0 Å². The second-order valence-corrected chi connectivity index (χ2v) is 7.26. The molecule has 5 heteroatoms. The van der Waals surface area contributed by atoms with E-state index in [0.717, 1.165) is 16.7 Å². The first kappa shape index (κ1) is 16.0. The highest BCUT2D eigenvalue weighted by Gasteiger charge is 2.18. The molecule has 1 N–H and O–H groups in total. The Labute approximate surface area is 131 Å². The summed E-state index contributed by atoms with van der Waals surface area (Å²) in [6.07, 6.45) is 0. The largest absolute Gasteiger partial charge is 0.240 e. The van der Waals surface area contributed by atoms with Gasteiger partial charge in [-0.3, -0.25) is 0 Å². The molecule has 1 atom stereocenters. The van der Waals surface area contributed by atoms with E-state index in [1.165, 1.54) is 0 Å². The first-order chi connectivity index (χ1) is 9.90. The minimum absolute atomic E-state index is 0.154. The Kier molecular flexibility index (Phi) is 5.04. The third kappa shape index (κ3) is 4.06. The van der Waals surface area contributed by atoms with Crippen LogP contribution in [0.1, 0.15) is 22.1 Å². The molecule has 0 spiro atoms. The van der Waals surface area contributed by atoms with E-state index in [4.69, 9.17) is 11.6 Å². The fourth-order valence-electron chi connectivity index (χ4n) is 2.04. The Morgan fingerprint density at radius 3 is 2.43 bits per heavy atom. The van der Waals surface area contributed by atoms with E-state index in [1.54, 1.807) is 19.1 Å². The van der Waals surface area contributed by atoms with Gasteiger partial charge in [-0.2, -0.15) is 0 Å². The highest BCUT2D eigenvalue weighted by Crippen LogP contribution is 2.21. The zero-order chi connectivity index (χ0) is 15.5. The molecule has 0 heterocycles. The van der Waals surface area contributed by atoms with Gasteiger partial charge in [-0.15, -0.1) is 11.6 Å². The summed E-state index contributed by atoms with van der Waals surface area (Å²) >= 11 is 6.24. The molecule has 0 aliphatic carbocycles. The number of alkyl halides is 1. The predicted octanol–water partition coefficient (Wildman–Crippen LogP) is 3.56. The molecular formula is C16H18ClNO2S. The van der Waals surface area contributed by atoms with Crippen LogP contribution in [-0.4, -0.2) is 15.0 Å². The summed E-state index contributed by atoms with van der Waals surface area (Å²) in [4.78, 5) is 0.305. The van der Waals surface area contributed by atoms with Gasteiger partial charge in [0.1, 0.15) is 0 Å². The lowest BCUT2D eigenvalue weighted by Gasteiger charge is -2.13. The molecule has 0 fully saturated rings. The highest BCUT2D eigenvalue weighted by molar-refractivity contribution is 7.89. The van der Waals surface area contributed by atoms with Gasteiger partial charge in [-0.05, 0) is 36.6 Å². The van der Waals surface area contributed by atoms with Gasteiger partial charge in [0, 0.05) is 6.54 Å². The van der Waals surface area contributed by atoms with Crippen molar-refractivity contribution in [3.63, 3.8) is 0 Å². The number of hydrogen-bond acceptors (Lipinski definition) is 2. The molecule has 21 heavy (non-hydrogen) atoms. The van der Waals surface area contributed by atoms with Crippen molar-refractivity contribution in [1.29, 1.82) is 0 Å². The average molecular weight is 324 g/mol. The van der Waals surface area contributed by atoms with E-state index in [-0.39, 0.29) is 6.54 Å². The van der Waals surface area contributed by atoms with Crippen LogP contribution in [0.15, 0.2) is 53.4 Å². The number of halogens is 1. The topological polar surface area (TPSA) is 46.2 Å². The maximum Gasteiger partial charge on any atom is 0.240 e. The lowest BCUT2D eigenvalue weighted by Crippen LogP contribution is -2.27. The molecule has 0 radical (unpaired) electrons. The van der Waals surface area contributed by atoms with E-state index in [9.17, 15) is 8.42 Å². The average Bonchev–Trinajstić information content (AvgIpc) is 2.48. The maximum absolute atomic E-state index is 12.4. The van der Waals surface area contributed by atoms with Gasteiger partial charge in [-0.1, -0.05) is 42.5 Å². The minimum Gasteiger partial charge on any atom is -0.209 e. The zero-order valence-electron chi connectivity index (χ0n) is 12.0. The Morgan fingerprint density at radius 1 is 1.10 bits per heavy atom. The zero-order valence-corrected chi connectivity index (χ0v) is 13.6. The molecule has 0 saturated heterocycles. The molecule has 2 aromatic carbocycles. The standard InChI is InChI=1S/C16H18ClNO2S/c1-12-8-9-13(2)16(10-12)21(19,20)18-11-15(17)14-6-4-3-5-7-14/h3-10,15,18H,11H2,1-2H3. The summed E-state index contributed by atoms with van der Waals surface area (Å²) in [7, 11) is -3.55. The number of rotatable bonds is 5. The third-order valence-corrected chi connectivity index (χ3v) is 5.22. The van der Waals surface area contributed by atoms with Crippen molar-refractivity contribution in [2.75, 3.05) is 6.54 Å². The normalized spacial score (nSPS) is 13.1. The van der Waals surface area contributed by atoms with E-state index in [1.807, 2.05) is 43.3 Å². The Morgan fingerprint density at radius 2 is 1.76 bits per heavy atom. The van der Waals surface area contributed by atoms with Gasteiger partial charge < -0.3 is 0 Å². The van der Waals surface area contributed by atoms with Gasteiger partial charge >= 0.3 is 0 Å². The Hall–Kier alpha value is -1.36. The molecule has 0 saturated carbocycles. The van der Waals surface area contributed by atoms with Crippen molar-refractivity contribution in [3.8, 4) is 0 Å². The van der Waals surface area contributed by atoms with Gasteiger partial charge in [0.15, 0.2) is 0 Å². The van der Waals surface area contributed by atoms with Gasteiger partial charge in [-0.25, -0.2) is 13.1 Å². The lowest BCUT2D eigenvalue weighted by atomic mass is 10.1. The molecule has 0 aliphatic heterocycles. The fourth-order valence-corrected chi connectivity index (χ4v) is 3.73. The van der Waals surface area contributed by atoms with Crippen LogP contribution in [0.3, 0.4) is 0 Å². The number of hydrogen-bond donors (Lipinski definition) is 1. The van der Waals surface area contributed by atoms with E-state index >= 15 is 0 Å². The number of benzene rings is 2. The smallest absolute Gasteiger partial charge is 0.209 e. The summed E-state index contributed by atoms with van der Waals surface area (Å²) in [5, 5.41) is -0.397. The Bertz CT molecular complexity index is 714. The SMILES string of the molecule is Cc1ccc(C)c(S(=O)(=O)NCC(Cl)c2ccccc2)c1. The van der Waals surface area contributed by atoms with Gasteiger partial charge in [0.2, 0.25) is 10.0 Å². The highest BCUT2D eigenvalue weighted by atomic mass is 35.5. The first-order valence-electron chi connectivity index (χ1n) is 6.66. The molecule has 3 nitrogen and oxygen atoms in total. The second kappa shape index (κ2) is 6.60. The van der Waals surface area contributed by atoms with Gasteiger partial charge in [0.05, 0.1) is 10.3 Å². The van der Waals surface area contributed by atoms with Crippen molar-refractivity contribution >= 4 is 21.6 Å². The first-order valence-corrected chi connectivity index (χ1v) is 8.58. The minimum atomic E-state index is -3.55. The number of nitrogens with one attached hydrogen (secondary N) is 1. The molecule has 0 aromatic heterocycles. The van der Waals surface area contributed by atoms with Crippen molar-refractivity contribution < 1.29 is 8.42 Å². The van der Waals surface area contributed by atoms with Crippen LogP contribution < -0.4 is 4.72 Å². The summed E-state index contributed by atoms with van der Waals surface area (Å²) in [5.74, 6) is 0. The molecule has 0 bridgehead atoms. The van der Waals surface area contributed by atoms with Crippen LogP contribution in [0.25, 0.3) is 0 Å². The molecule has 2 aromatic rings. The maximum atomic E-state index is 12.4. The molecule has 1 unspecified atom stereocenters. The molecular weight excluding hydrogens is 306 g/mol. The third-order valence-electron chi connectivity index (χ3n) is 3.25. The summed E-state index contributed by atoms with van der Waals surface area (Å²) in [6, 6.07) is 14.8. The Balaban J connectivity index is 2.13. The fraction of sp³-hybridized carbons (Fsp3) is 0.250. The lowest BCUT2D eigenvalue weighted by molar-refractivity contribution is 0.580. The molecule has 0 amide bonds. The van der Waals surface area contributed by atoms with Crippen molar-refractivity contribution in [1.82, 2.24) is 4.72 Å². The summed E-state index contributed by atoms with van der Waals surface area (Å²) < 4.78 is 27.3. The van der Waals surface area contributed by atoms with Crippen LogP contribution in [0.5, 0.6) is 0 Å². The van der Waals surface area contributed by atoms with Crippen LogP contribution in [0, 0.1) is 13.8 Å². The van der Waals surface area contributed by atoms with E-state index < -0.39 is 15.4 Å². The van der Waals surface area contributed by atoms with Crippen molar-refractivity contribution in [2.24, 2.45) is 0 Å². The number of aryl methyl sites for hydroxylation is 2. The van der Waals surface area contributed by atoms with Crippen LogP contribution in [-0.2, 0) is 10.0 Å². The monoisotopic (exact) mass is 323 g/mol. The number of sulfonamides is 1. The molecule has 2 rings (SSSR count). The molecule has 0 aliphatic rings. The summed E-state index contributed by atoms with van der Waals surface area (Å²) in [6.45, 7) is 3.80. The van der Waals surface area contributed by atoms with Crippen LogP contribution >= 0.6 is 11.6 Å². The second-order valence-electron chi connectivity index (χ2n) is 5.00.